The zero-order valence-electron chi connectivity index (χ0n) is 10.2. The summed E-state index contributed by atoms with van der Waals surface area (Å²) in [5, 5.41) is 3.38. The van der Waals surface area contributed by atoms with Gasteiger partial charge in [0.15, 0.2) is 0 Å². The number of piperazine rings is 1. The molecule has 92 valence electrons. The van der Waals surface area contributed by atoms with Gasteiger partial charge in [-0.15, -0.1) is 6.58 Å². The van der Waals surface area contributed by atoms with E-state index in [2.05, 4.69) is 57.8 Å². The molecule has 2 rings (SSSR count). The molecule has 1 aromatic rings. The summed E-state index contributed by atoms with van der Waals surface area (Å²) in [6.07, 6.45) is 2.04. The van der Waals surface area contributed by atoms with Crippen LogP contribution in [0.4, 0.5) is 0 Å². The standard InChI is InChI=1S/C14H19BrN2/c1-3-14(17-8-6-16-7-9-17)12-5-4-11(2)10-13(12)15/h3-5,10,14,16H,1,6-9H2,2H3/t14-/m1/s1. The Hall–Kier alpha value is -0.640. The van der Waals surface area contributed by atoms with Crippen LogP contribution < -0.4 is 5.32 Å². The predicted octanol–water partition coefficient (Wildman–Crippen LogP) is 2.89. The summed E-state index contributed by atoms with van der Waals surface area (Å²) < 4.78 is 1.18. The van der Waals surface area contributed by atoms with Gasteiger partial charge in [-0.25, -0.2) is 0 Å². The molecule has 0 unspecified atom stereocenters. The quantitative estimate of drug-likeness (QED) is 0.863. The second-order valence-electron chi connectivity index (χ2n) is 4.49. The Morgan fingerprint density at radius 1 is 1.41 bits per heavy atom. The van der Waals surface area contributed by atoms with Crippen LogP contribution in [0.15, 0.2) is 35.3 Å². The molecular weight excluding hydrogens is 276 g/mol. The van der Waals surface area contributed by atoms with Crippen molar-refractivity contribution in [2.45, 2.75) is 13.0 Å². The van der Waals surface area contributed by atoms with E-state index in [1.165, 1.54) is 15.6 Å². The average molecular weight is 295 g/mol. The van der Waals surface area contributed by atoms with Gasteiger partial charge in [0.1, 0.15) is 0 Å². The summed E-state index contributed by atoms with van der Waals surface area (Å²) in [6, 6.07) is 6.85. The number of hydrogen-bond acceptors (Lipinski definition) is 2. The molecule has 0 spiro atoms. The molecule has 0 radical (unpaired) electrons. The highest BCUT2D eigenvalue weighted by Crippen LogP contribution is 2.29. The van der Waals surface area contributed by atoms with Gasteiger partial charge in [0.05, 0.1) is 6.04 Å². The molecule has 1 atom stereocenters. The fraction of sp³-hybridized carbons (Fsp3) is 0.429. The Balaban J connectivity index is 2.24. The molecule has 1 heterocycles. The molecule has 17 heavy (non-hydrogen) atoms. The van der Waals surface area contributed by atoms with E-state index in [9.17, 15) is 0 Å². The maximum absolute atomic E-state index is 3.99. The highest BCUT2D eigenvalue weighted by molar-refractivity contribution is 9.10. The molecule has 0 aliphatic carbocycles. The lowest BCUT2D eigenvalue weighted by Gasteiger charge is -2.34. The SMILES string of the molecule is C=C[C@H](c1ccc(C)cc1Br)N1CCNCC1. The molecule has 1 aliphatic rings. The van der Waals surface area contributed by atoms with Crippen LogP contribution in [0.1, 0.15) is 17.2 Å². The summed E-state index contributed by atoms with van der Waals surface area (Å²) >= 11 is 3.67. The van der Waals surface area contributed by atoms with Crippen molar-refractivity contribution in [3.8, 4) is 0 Å². The summed E-state index contributed by atoms with van der Waals surface area (Å²) in [7, 11) is 0. The van der Waals surface area contributed by atoms with Crippen molar-refractivity contribution < 1.29 is 0 Å². The molecule has 0 aromatic heterocycles. The topological polar surface area (TPSA) is 15.3 Å². The zero-order valence-corrected chi connectivity index (χ0v) is 11.8. The van der Waals surface area contributed by atoms with Crippen LogP contribution in [0, 0.1) is 6.92 Å². The van der Waals surface area contributed by atoms with E-state index in [1.54, 1.807) is 0 Å². The number of nitrogens with zero attached hydrogens (tertiary/aromatic N) is 1. The van der Waals surface area contributed by atoms with E-state index >= 15 is 0 Å². The highest BCUT2D eigenvalue weighted by Gasteiger charge is 2.20. The minimum absolute atomic E-state index is 0.312. The third-order valence-electron chi connectivity index (χ3n) is 3.24. The number of aryl methyl sites for hydroxylation is 1. The van der Waals surface area contributed by atoms with Crippen molar-refractivity contribution in [2.24, 2.45) is 0 Å². The molecule has 0 amide bonds. The average Bonchev–Trinajstić information content (AvgIpc) is 2.34. The van der Waals surface area contributed by atoms with Crippen LogP contribution >= 0.6 is 15.9 Å². The number of halogens is 1. The first-order valence-corrected chi connectivity index (χ1v) is 6.85. The lowest BCUT2D eigenvalue weighted by Crippen LogP contribution is -2.44. The van der Waals surface area contributed by atoms with Crippen molar-refractivity contribution in [3.05, 3.63) is 46.5 Å². The molecule has 1 aromatic carbocycles. The van der Waals surface area contributed by atoms with E-state index in [-0.39, 0.29) is 0 Å². The van der Waals surface area contributed by atoms with E-state index < -0.39 is 0 Å². The van der Waals surface area contributed by atoms with Gasteiger partial charge in [0, 0.05) is 30.7 Å². The first-order chi connectivity index (χ1) is 8.22. The second-order valence-corrected chi connectivity index (χ2v) is 5.35. The van der Waals surface area contributed by atoms with Crippen LogP contribution in [0.25, 0.3) is 0 Å². The van der Waals surface area contributed by atoms with Gasteiger partial charge in [-0.3, -0.25) is 4.90 Å². The monoisotopic (exact) mass is 294 g/mol. The van der Waals surface area contributed by atoms with E-state index in [0.29, 0.717) is 6.04 Å². The lowest BCUT2D eigenvalue weighted by molar-refractivity contribution is 0.203. The summed E-state index contributed by atoms with van der Waals surface area (Å²) in [5.41, 5.74) is 2.59. The van der Waals surface area contributed by atoms with E-state index in [1.807, 2.05) is 6.08 Å². The minimum Gasteiger partial charge on any atom is -0.314 e. The summed E-state index contributed by atoms with van der Waals surface area (Å²) in [5.74, 6) is 0. The van der Waals surface area contributed by atoms with Crippen molar-refractivity contribution in [3.63, 3.8) is 0 Å². The molecule has 1 aliphatic heterocycles. The Morgan fingerprint density at radius 3 is 2.71 bits per heavy atom. The molecule has 0 saturated carbocycles. The Morgan fingerprint density at radius 2 is 2.12 bits per heavy atom. The molecular formula is C14H19BrN2. The fourth-order valence-corrected chi connectivity index (χ4v) is 3.03. The normalized spacial score (nSPS) is 18.9. The van der Waals surface area contributed by atoms with Gasteiger partial charge in [-0.2, -0.15) is 0 Å². The zero-order chi connectivity index (χ0) is 12.3. The smallest absolute Gasteiger partial charge is 0.0541 e. The van der Waals surface area contributed by atoms with Gasteiger partial charge in [-0.05, 0) is 24.1 Å². The van der Waals surface area contributed by atoms with Gasteiger partial charge in [0.2, 0.25) is 0 Å². The largest absolute Gasteiger partial charge is 0.314 e. The van der Waals surface area contributed by atoms with Gasteiger partial charge < -0.3 is 5.32 Å². The number of benzene rings is 1. The molecule has 1 saturated heterocycles. The molecule has 2 nitrogen and oxygen atoms in total. The van der Waals surface area contributed by atoms with Crippen molar-refractivity contribution in [1.29, 1.82) is 0 Å². The lowest BCUT2D eigenvalue weighted by atomic mass is 10.0. The predicted molar refractivity (Wildman–Crippen MR) is 76.3 cm³/mol. The van der Waals surface area contributed by atoms with Gasteiger partial charge in [-0.1, -0.05) is 34.1 Å². The maximum atomic E-state index is 3.99. The minimum atomic E-state index is 0.312. The van der Waals surface area contributed by atoms with Crippen LogP contribution in [0.3, 0.4) is 0 Å². The third-order valence-corrected chi connectivity index (χ3v) is 3.93. The van der Waals surface area contributed by atoms with Crippen LogP contribution in [0.2, 0.25) is 0 Å². The Bertz CT molecular complexity index is 397. The Labute approximate surface area is 112 Å². The van der Waals surface area contributed by atoms with Crippen LogP contribution in [-0.2, 0) is 0 Å². The number of hydrogen-bond donors (Lipinski definition) is 1. The van der Waals surface area contributed by atoms with E-state index in [0.717, 1.165) is 26.2 Å². The molecule has 0 bridgehead atoms. The fourth-order valence-electron chi connectivity index (χ4n) is 2.31. The second kappa shape index (κ2) is 5.80. The maximum Gasteiger partial charge on any atom is 0.0541 e. The van der Waals surface area contributed by atoms with Crippen molar-refractivity contribution >= 4 is 15.9 Å². The highest BCUT2D eigenvalue weighted by atomic mass is 79.9. The molecule has 3 heteroatoms. The summed E-state index contributed by atoms with van der Waals surface area (Å²) in [4.78, 5) is 2.47. The first-order valence-electron chi connectivity index (χ1n) is 6.06. The van der Waals surface area contributed by atoms with Gasteiger partial charge >= 0.3 is 0 Å². The number of nitrogens with one attached hydrogen (secondary N) is 1. The third kappa shape index (κ3) is 2.97. The van der Waals surface area contributed by atoms with Crippen LogP contribution in [-0.4, -0.2) is 31.1 Å². The Kier molecular flexibility index (Phi) is 4.37. The van der Waals surface area contributed by atoms with E-state index in [4.69, 9.17) is 0 Å². The molecule has 1 fully saturated rings. The van der Waals surface area contributed by atoms with Crippen molar-refractivity contribution in [2.75, 3.05) is 26.2 Å². The van der Waals surface area contributed by atoms with Gasteiger partial charge in [0.25, 0.3) is 0 Å². The number of rotatable bonds is 3. The van der Waals surface area contributed by atoms with Crippen molar-refractivity contribution in [1.82, 2.24) is 10.2 Å². The first kappa shape index (κ1) is 12.8. The van der Waals surface area contributed by atoms with Crippen LogP contribution in [0.5, 0.6) is 0 Å². The summed E-state index contributed by atoms with van der Waals surface area (Å²) in [6.45, 7) is 10.4. The molecule has 1 N–H and O–H groups in total.